The van der Waals surface area contributed by atoms with E-state index < -0.39 is 12.3 Å². The number of amides is 1. The van der Waals surface area contributed by atoms with Crippen LogP contribution in [-0.4, -0.2) is 70.7 Å². The first-order valence-electron chi connectivity index (χ1n) is 17.1. The number of benzene rings is 3. The van der Waals surface area contributed by atoms with Gasteiger partial charge in [-0.25, -0.2) is 0 Å². The zero-order chi connectivity index (χ0) is 34.6. The summed E-state index contributed by atoms with van der Waals surface area (Å²) in [7, 11) is 0. The molecule has 3 N–H and O–H groups in total. The number of nitro groups is 1. The smallest absolute Gasteiger partial charge is 0.303 e. The lowest BCUT2D eigenvalue weighted by Gasteiger charge is -2.41. The predicted octanol–water partition coefficient (Wildman–Crippen LogP) is 5.50. The highest BCUT2D eigenvalue weighted by Crippen LogP contribution is 2.38. The van der Waals surface area contributed by atoms with Gasteiger partial charge in [0.05, 0.1) is 23.7 Å². The lowest BCUT2D eigenvalue weighted by atomic mass is 9.99. The van der Waals surface area contributed by atoms with E-state index in [2.05, 4.69) is 15.1 Å². The molecule has 0 unspecified atom stereocenters. The molecule has 2 saturated heterocycles. The topological polar surface area (TPSA) is 155 Å². The number of hydrogen-bond acceptors (Lipinski definition) is 9. The van der Waals surface area contributed by atoms with E-state index >= 15 is 0 Å². The average molecular weight is 675 g/mol. The number of rotatable bonds is 16. The molecule has 3 atom stereocenters. The van der Waals surface area contributed by atoms with Gasteiger partial charge in [0.1, 0.15) is 0 Å². The van der Waals surface area contributed by atoms with Crippen LogP contribution in [0.15, 0.2) is 72.8 Å². The number of aliphatic hydroxyl groups is 1. The Morgan fingerprint density at radius 3 is 2.08 bits per heavy atom. The van der Waals surface area contributed by atoms with Gasteiger partial charge in [-0.05, 0) is 41.7 Å². The standard InChI is InChI=1S/C37H46N4O8/c42-26-28-9-11-29(12-10-28)34-23-33(25-39-19-21-40(22-20-39)31-15-17-32(18-16-31)41(46)47)48-37(49-34)30-13-7-27(8-14-30)24-38-35(43)5-3-1-2-4-6-36(44)45/h7-18,33-34,37,42H,1-6,19-26H2,(H,38,43)(H,44,45)/t33-,34+,37+/m1/s1. The Kier molecular flexibility index (Phi) is 13.1. The van der Waals surface area contributed by atoms with Crippen molar-refractivity contribution in [1.29, 1.82) is 0 Å². The number of carboxylic acids is 1. The van der Waals surface area contributed by atoms with Gasteiger partial charge in [0.25, 0.3) is 5.69 Å². The number of carbonyl (C=O) groups is 2. The Labute approximate surface area is 286 Å². The van der Waals surface area contributed by atoms with Crippen LogP contribution in [0, 0.1) is 10.1 Å². The molecule has 3 aromatic rings. The number of aliphatic hydroxyl groups excluding tert-OH is 1. The van der Waals surface area contributed by atoms with Crippen molar-refractivity contribution in [2.75, 3.05) is 37.6 Å². The number of carboxylic acid groups (broad SMARTS) is 1. The number of nitrogens with one attached hydrogen (secondary N) is 1. The van der Waals surface area contributed by atoms with Gasteiger partial charge in [-0.1, -0.05) is 61.4 Å². The lowest BCUT2D eigenvalue weighted by molar-refractivity contribution is -0.384. The van der Waals surface area contributed by atoms with Crippen LogP contribution in [0.25, 0.3) is 0 Å². The molecule has 3 aromatic carbocycles. The molecule has 0 radical (unpaired) electrons. The summed E-state index contributed by atoms with van der Waals surface area (Å²) >= 11 is 0. The van der Waals surface area contributed by atoms with Gasteiger partial charge >= 0.3 is 5.97 Å². The summed E-state index contributed by atoms with van der Waals surface area (Å²) in [6.45, 7) is 4.42. The molecule has 0 saturated carbocycles. The summed E-state index contributed by atoms with van der Waals surface area (Å²) in [5, 5.41) is 32.3. The molecule has 2 aliphatic rings. The SMILES string of the molecule is O=C(O)CCCCCCC(=O)NCc1ccc([C@H]2O[C@@H](CN3CCN(c4ccc([N+](=O)[O-])cc4)CC3)C[C@@H](c3ccc(CO)cc3)O2)cc1. The van der Waals surface area contributed by atoms with Crippen molar-refractivity contribution in [2.24, 2.45) is 0 Å². The van der Waals surface area contributed by atoms with E-state index in [1.54, 1.807) is 12.1 Å². The van der Waals surface area contributed by atoms with Crippen LogP contribution in [0.5, 0.6) is 0 Å². The highest BCUT2D eigenvalue weighted by atomic mass is 16.7. The number of ether oxygens (including phenoxy) is 2. The molecule has 12 heteroatoms. The molecule has 0 aliphatic carbocycles. The van der Waals surface area contributed by atoms with Gasteiger partial charge < -0.3 is 29.9 Å². The zero-order valence-electron chi connectivity index (χ0n) is 27.7. The highest BCUT2D eigenvalue weighted by Gasteiger charge is 2.34. The fourth-order valence-electron chi connectivity index (χ4n) is 6.29. The summed E-state index contributed by atoms with van der Waals surface area (Å²) in [5.74, 6) is -0.806. The quantitative estimate of drug-likeness (QED) is 0.101. The maximum Gasteiger partial charge on any atom is 0.303 e. The van der Waals surface area contributed by atoms with E-state index in [1.807, 2.05) is 60.7 Å². The molecule has 0 spiro atoms. The second kappa shape index (κ2) is 17.9. The number of unbranched alkanes of at least 4 members (excludes halogenated alkanes) is 3. The number of aliphatic carboxylic acids is 1. The van der Waals surface area contributed by atoms with Gasteiger partial charge in [0.2, 0.25) is 5.91 Å². The van der Waals surface area contributed by atoms with Gasteiger partial charge in [-0.2, -0.15) is 0 Å². The molecule has 5 rings (SSSR count). The average Bonchev–Trinajstić information content (AvgIpc) is 3.12. The Hall–Kier alpha value is -4.36. The highest BCUT2D eigenvalue weighted by molar-refractivity contribution is 5.75. The molecule has 12 nitrogen and oxygen atoms in total. The summed E-state index contributed by atoms with van der Waals surface area (Å²) in [6, 6.07) is 22.4. The zero-order valence-corrected chi connectivity index (χ0v) is 27.7. The second-order valence-electron chi connectivity index (χ2n) is 12.7. The first kappa shape index (κ1) is 35.9. The number of nitrogens with zero attached hydrogens (tertiary/aromatic N) is 3. The summed E-state index contributed by atoms with van der Waals surface area (Å²) < 4.78 is 13.1. The number of non-ortho nitro benzene ring substituents is 1. The van der Waals surface area contributed by atoms with Crippen LogP contribution in [0.2, 0.25) is 0 Å². The van der Waals surface area contributed by atoms with Crippen molar-refractivity contribution in [2.45, 2.75) is 76.6 Å². The van der Waals surface area contributed by atoms with E-state index in [0.29, 0.717) is 25.8 Å². The third-order valence-corrected chi connectivity index (χ3v) is 9.16. The normalized spacial score (nSPS) is 19.8. The number of carbonyl (C=O) groups excluding carboxylic acids is 1. The molecule has 2 aliphatic heterocycles. The van der Waals surface area contributed by atoms with E-state index in [4.69, 9.17) is 14.6 Å². The third kappa shape index (κ3) is 10.8. The Morgan fingerprint density at radius 1 is 0.816 bits per heavy atom. The molecular formula is C37H46N4O8. The van der Waals surface area contributed by atoms with E-state index in [1.165, 1.54) is 0 Å². The minimum Gasteiger partial charge on any atom is -0.481 e. The van der Waals surface area contributed by atoms with Crippen molar-refractivity contribution < 1.29 is 34.2 Å². The van der Waals surface area contributed by atoms with Crippen LogP contribution in [0.1, 0.15) is 79.6 Å². The van der Waals surface area contributed by atoms with Crippen molar-refractivity contribution in [3.05, 3.63) is 105 Å². The monoisotopic (exact) mass is 674 g/mol. The number of hydrogen-bond donors (Lipinski definition) is 3. The molecular weight excluding hydrogens is 628 g/mol. The molecule has 1 amide bonds. The fourth-order valence-corrected chi connectivity index (χ4v) is 6.29. The molecule has 2 fully saturated rings. The maximum atomic E-state index is 12.3. The second-order valence-corrected chi connectivity index (χ2v) is 12.7. The predicted molar refractivity (Wildman–Crippen MR) is 184 cm³/mol. The van der Waals surface area contributed by atoms with Crippen LogP contribution in [0.4, 0.5) is 11.4 Å². The van der Waals surface area contributed by atoms with Gasteiger partial charge in [-0.3, -0.25) is 24.6 Å². The first-order chi connectivity index (χ1) is 23.8. The van der Waals surface area contributed by atoms with Crippen molar-refractivity contribution in [3.63, 3.8) is 0 Å². The van der Waals surface area contributed by atoms with E-state index in [-0.39, 0.29) is 41.8 Å². The molecule has 262 valence electrons. The van der Waals surface area contributed by atoms with Gasteiger partial charge in [-0.15, -0.1) is 0 Å². The Bertz CT molecular complexity index is 1510. The molecule has 49 heavy (non-hydrogen) atoms. The van der Waals surface area contributed by atoms with Crippen LogP contribution in [0.3, 0.4) is 0 Å². The lowest BCUT2D eigenvalue weighted by Crippen LogP contribution is -2.49. The minimum atomic E-state index is -0.785. The summed E-state index contributed by atoms with van der Waals surface area (Å²) in [5.41, 5.74) is 4.79. The fraction of sp³-hybridized carbons (Fsp3) is 0.459. The summed E-state index contributed by atoms with van der Waals surface area (Å²) in [6.07, 6.45) is 3.43. The number of nitro benzene ring substituents is 1. The van der Waals surface area contributed by atoms with Crippen LogP contribution < -0.4 is 10.2 Å². The largest absolute Gasteiger partial charge is 0.481 e. The maximum absolute atomic E-state index is 12.3. The van der Waals surface area contributed by atoms with Crippen molar-refractivity contribution >= 4 is 23.3 Å². The van der Waals surface area contributed by atoms with Crippen LogP contribution in [-0.2, 0) is 32.2 Å². The van der Waals surface area contributed by atoms with Crippen molar-refractivity contribution in [3.8, 4) is 0 Å². The minimum absolute atomic E-state index is 0.0204. The number of anilines is 1. The van der Waals surface area contributed by atoms with Crippen LogP contribution >= 0.6 is 0 Å². The number of piperazine rings is 1. The van der Waals surface area contributed by atoms with Gasteiger partial charge in [0.15, 0.2) is 6.29 Å². The van der Waals surface area contributed by atoms with E-state index in [9.17, 15) is 24.8 Å². The molecule has 0 aromatic heterocycles. The molecule has 2 heterocycles. The Balaban J connectivity index is 1.16. The first-order valence-corrected chi connectivity index (χ1v) is 17.1. The molecule has 0 bridgehead atoms. The third-order valence-electron chi connectivity index (χ3n) is 9.16. The van der Waals surface area contributed by atoms with Crippen molar-refractivity contribution in [1.82, 2.24) is 10.2 Å². The Morgan fingerprint density at radius 2 is 1.45 bits per heavy atom. The van der Waals surface area contributed by atoms with E-state index in [0.717, 1.165) is 79.9 Å². The summed E-state index contributed by atoms with van der Waals surface area (Å²) in [4.78, 5) is 38.2. The van der Waals surface area contributed by atoms with Gasteiger partial charge in [0, 0.05) is 81.9 Å².